The Morgan fingerprint density at radius 3 is 2.21 bits per heavy atom. The number of carbonyl (C=O) groups is 2. The summed E-state index contributed by atoms with van der Waals surface area (Å²) in [6.07, 6.45) is 2.80. The zero-order valence-corrected chi connectivity index (χ0v) is 22.9. The highest BCUT2D eigenvalue weighted by atomic mass is 32.2. The van der Waals surface area contributed by atoms with Crippen molar-refractivity contribution < 1.29 is 19.4 Å². The molecule has 0 spiro atoms. The number of ether oxygens (including phenoxy) is 1. The average Bonchev–Trinajstić information content (AvgIpc) is 3.13. The van der Waals surface area contributed by atoms with Gasteiger partial charge < -0.3 is 9.84 Å². The predicted octanol–water partition coefficient (Wildman–Crippen LogP) is 6.89. The average molecular weight is 529 g/mol. The Bertz CT molecular complexity index is 1340. The molecule has 1 fully saturated rings. The van der Waals surface area contributed by atoms with Gasteiger partial charge in [0.05, 0.1) is 17.0 Å². The lowest BCUT2D eigenvalue weighted by Crippen LogP contribution is -2.23. The van der Waals surface area contributed by atoms with Gasteiger partial charge in [0.1, 0.15) is 11.9 Å². The molecule has 1 unspecified atom stereocenters. The highest BCUT2D eigenvalue weighted by Gasteiger charge is 2.30. The van der Waals surface area contributed by atoms with Crippen molar-refractivity contribution in [2.45, 2.75) is 39.7 Å². The van der Waals surface area contributed by atoms with Crippen LogP contribution in [0, 0.1) is 5.92 Å². The Balaban J connectivity index is 1.40. The van der Waals surface area contributed by atoms with Gasteiger partial charge in [-0.1, -0.05) is 62.4 Å². The quantitative estimate of drug-likeness (QED) is 0.306. The topological polar surface area (TPSA) is 79.2 Å². The van der Waals surface area contributed by atoms with Crippen molar-refractivity contribution in [1.29, 1.82) is 0 Å². The molecule has 0 bridgehead atoms. The van der Waals surface area contributed by atoms with Gasteiger partial charge in [-0.05, 0) is 83.6 Å². The summed E-state index contributed by atoms with van der Waals surface area (Å²) in [5.74, 6) is 0.397. The van der Waals surface area contributed by atoms with E-state index in [-0.39, 0.29) is 18.4 Å². The summed E-state index contributed by atoms with van der Waals surface area (Å²) in [5, 5.41) is 9.49. The Hall–Kier alpha value is -3.84. The number of carboxylic acid groups (broad SMARTS) is 1. The third-order valence-electron chi connectivity index (χ3n) is 6.10. The standard InChI is InChI=1S/C31H32N2O4S/c1-20(2)17-22-5-11-25(12-6-22)21(3)37-27-15-9-23(10-16-27)18-28-30(36)33(4)31(38-28)32-26-13-7-24(8-14-26)19-29(34)35/h5-16,18,20-21H,17,19H2,1-4H3,(H,34,35). The van der Waals surface area contributed by atoms with Crippen LogP contribution < -0.4 is 4.74 Å². The maximum absolute atomic E-state index is 12.8. The summed E-state index contributed by atoms with van der Waals surface area (Å²) in [4.78, 5) is 30.3. The molecule has 0 aliphatic carbocycles. The first-order chi connectivity index (χ1) is 18.2. The van der Waals surface area contributed by atoms with Crippen LogP contribution in [0.1, 0.15) is 49.1 Å². The van der Waals surface area contributed by atoms with Crippen molar-refractivity contribution in [1.82, 2.24) is 4.90 Å². The molecular weight excluding hydrogens is 496 g/mol. The van der Waals surface area contributed by atoms with Crippen molar-refractivity contribution in [3.05, 3.63) is 100.0 Å². The normalized spacial score (nSPS) is 16.4. The summed E-state index contributed by atoms with van der Waals surface area (Å²) in [7, 11) is 1.70. The molecule has 1 saturated heterocycles. The van der Waals surface area contributed by atoms with Gasteiger partial charge in [0.15, 0.2) is 5.17 Å². The number of nitrogens with zero attached hydrogens (tertiary/aromatic N) is 2. The molecule has 0 aromatic heterocycles. The van der Waals surface area contributed by atoms with Crippen LogP contribution in [0.3, 0.4) is 0 Å². The number of thioether (sulfide) groups is 1. The molecule has 1 N–H and O–H groups in total. The number of rotatable bonds is 9. The highest BCUT2D eigenvalue weighted by molar-refractivity contribution is 8.18. The second-order valence-electron chi connectivity index (χ2n) is 9.77. The van der Waals surface area contributed by atoms with E-state index in [1.54, 1.807) is 31.3 Å². The summed E-state index contributed by atoms with van der Waals surface area (Å²) in [6, 6.07) is 23.3. The van der Waals surface area contributed by atoms with Crippen LogP contribution in [0.15, 0.2) is 82.7 Å². The van der Waals surface area contributed by atoms with Gasteiger partial charge >= 0.3 is 5.97 Å². The van der Waals surface area contributed by atoms with Crippen LogP contribution in [0.2, 0.25) is 0 Å². The second-order valence-corrected chi connectivity index (χ2v) is 10.8. The van der Waals surface area contributed by atoms with Crippen LogP contribution in [0.4, 0.5) is 5.69 Å². The maximum Gasteiger partial charge on any atom is 0.307 e. The number of carbonyl (C=O) groups excluding carboxylic acids is 1. The molecule has 1 heterocycles. The molecular formula is C31H32N2O4S. The molecule has 3 aromatic rings. The Morgan fingerprint density at radius 2 is 1.61 bits per heavy atom. The number of amidine groups is 1. The van der Waals surface area contributed by atoms with Gasteiger partial charge in [-0.15, -0.1) is 0 Å². The van der Waals surface area contributed by atoms with E-state index >= 15 is 0 Å². The third-order valence-corrected chi connectivity index (χ3v) is 7.16. The van der Waals surface area contributed by atoms with Crippen LogP contribution in [0.25, 0.3) is 6.08 Å². The number of likely N-dealkylation sites (N-methyl/N-ethyl adjacent to an activating group) is 1. The monoisotopic (exact) mass is 528 g/mol. The third kappa shape index (κ3) is 7.13. The van der Waals surface area contributed by atoms with E-state index in [1.165, 1.54) is 22.2 Å². The second kappa shape index (κ2) is 12.1. The number of carboxylic acids is 1. The number of amides is 1. The lowest BCUT2D eigenvalue weighted by Gasteiger charge is -2.16. The van der Waals surface area contributed by atoms with Gasteiger partial charge in [0.2, 0.25) is 0 Å². The smallest absolute Gasteiger partial charge is 0.307 e. The number of benzene rings is 3. The van der Waals surface area contributed by atoms with Gasteiger partial charge in [-0.3, -0.25) is 14.5 Å². The van der Waals surface area contributed by atoms with Crippen LogP contribution in [-0.2, 0) is 22.4 Å². The van der Waals surface area contributed by atoms with E-state index in [2.05, 4.69) is 43.1 Å². The summed E-state index contributed by atoms with van der Waals surface area (Å²) in [6.45, 7) is 6.48. The summed E-state index contributed by atoms with van der Waals surface area (Å²) in [5.41, 5.74) is 4.72. The molecule has 4 rings (SSSR count). The number of aliphatic carboxylic acids is 1. The first-order valence-electron chi connectivity index (χ1n) is 12.6. The minimum atomic E-state index is -0.878. The molecule has 3 aromatic carbocycles. The first-order valence-corrected chi connectivity index (χ1v) is 13.4. The van der Waals surface area contributed by atoms with Crippen LogP contribution in [-0.4, -0.2) is 34.1 Å². The largest absolute Gasteiger partial charge is 0.486 e. The fourth-order valence-corrected chi connectivity index (χ4v) is 5.07. The highest BCUT2D eigenvalue weighted by Crippen LogP contribution is 2.33. The molecule has 1 aliphatic heterocycles. The SMILES string of the molecule is CC(C)Cc1ccc(C(C)Oc2ccc(C=C3SC(=Nc4ccc(CC(=O)O)cc4)N(C)C3=O)cc2)cc1. The number of hydrogen-bond donors (Lipinski definition) is 1. The fraction of sp³-hybridized carbons (Fsp3) is 0.258. The Morgan fingerprint density at radius 1 is 0.974 bits per heavy atom. The van der Waals surface area contributed by atoms with E-state index < -0.39 is 5.97 Å². The molecule has 196 valence electrons. The Kier molecular flexibility index (Phi) is 8.69. The molecule has 0 saturated carbocycles. The van der Waals surface area contributed by atoms with E-state index in [0.717, 1.165) is 23.3 Å². The van der Waals surface area contributed by atoms with Crippen molar-refractivity contribution in [2.75, 3.05) is 7.05 Å². The Labute approximate surface area is 228 Å². The lowest BCUT2D eigenvalue weighted by atomic mass is 10.0. The van der Waals surface area contributed by atoms with Crippen molar-refractivity contribution in [3.63, 3.8) is 0 Å². The van der Waals surface area contributed by atoms with E-state index in [0.29, 0.717) is 27.2 Å². The molecule has 6 nitrogen and oxygen atoms in total. The number of hydrogen-bond acceptors (Lipinski definition) is 5. The van der Waals surface area contributed by atoms with Crippen molar-refractivity contribution >= 4 is 40.6 Å². The zero-order valence-electron chi connectivity index (χ0n) is 22.0. The maximum atomic E-state index is 12.8. The zero-order chi connectivity index (χ0) is 27.2. The minimum Gasteiger partial charge on any atom is -0.486 e. The number of aliphatic imine (C=N–C) groups is 1. The molecule has 1 atom stereocenters. The van der Waals surface area contributed by atoms with Crippen molar-refractivity contribution in [3.8, 4) is 5.75 Å². The molecule has 38 heavy (non-hydrogen) atoms. The van der Waals surface area contributed by atoms with E-state index in [1.807, 2.05) is 37.3 Å². The fourth-order valence-electron chi connectivity index (χ4n) is 4.09. The predicted molar refractivity (Wildman–Crippen MR) is 154 cm³/mol. The molecule has 0 radical (unpaired) electrons. The van der Waals surface area contributed by atoms with Gasteiger partial charge in [0, 0.05) is 7.05 Å². The van der Waals surface area contributed by atoms with Crippen LogP contribution >= 0.6 is 11.8 Å². The van der Waals surface area contributed by atoms with E-state index in [9.17, 15) is 9.59 Å². The first kappa shape index (κ1) is 27.2. The summed E-state index contributed by atoms with van der Waals surface area (Å²) >= 11 is 1.31. The van der Waals surface area contributed by atoms with Gasteiger partial charge in [-0.2, -0.15) is 0 Å². The molecule has 1 amide bonds. The van der Waals surface area contributed by atoms with Crippen molar-refractivity contribution in [2.24, 2.45) is 10.9 Å². The lowest BCUT2D eigenvalue weighted by molar-refractivity contribution is -0.136. The summed E-state index contributed by atoms with van der Waals surface area (Å²) < 4.78 is 6.14. The molecule has 7 heteroatoms. The molecule has 1 aliphatic rings. The van der Waals surface area contributed by atoms with Gasteiger partial charge in [0.25, 0.3) is 5.91 Å². The van der Waals surface area contributed by atoms with Gasteiger partial charge in [-0.25, -0.2) is 4.99 Å². The van der Waals surface area contributed by atoms with E-state index in [4.69, 9.17) is 9.84 Å². The van der Waals surface area contributed by atoms with Crippen LogP contribution in [0.5, 0.6) is 5.75 Å². The minimum absolute atomic E-state index is 0.0366.